The number of nitro groups is 1. The van der Waals surface area contributed by atoms with Crippen LogP contribution in [0.15, 0.2) is 16.7 Å². The molecule has 0 amide bonds. The van der Waals surface area contributed by atoms with Crippen LogP contribution >= 0.6 is 15.9 Å². The highest BCUT2D eigenvalue weighted by Crippen LogP contribution is 2.30. The molecular formula is C11H12BrN3O5. The van der Waals surface area contributed by atoms with Crippen LogP contribution in [0.25, 0.3) is 0 Å². The van der Waals surface area contributed by atoms with Crippen LogP contribution in [0, 0.1) is 16.0 Å². The average Bonchev–Trinajstić information content (AvgIpc) is 2.87. The van der Waals surface area contributed by atoms with Gasteiger partial charge >= 0.3 is 5.97 Å². The van der Waals surface area contributed by atoms with Gasteiger partial charge in [0.15, 0.2) is 0 Å². The Morgan fingerprint density at radius 1 is 1.65 bits per heavy atom. The van der Waals surface area contributed by atoms with Gasteiger partial charge < -0.3 is 14.7 Å². The summed E-state index contributed by atoms with van der Waals surface area (Å²) in [4.78, 5) is 27.0. The van der Waals surface area contributed by atoms with Crippen LogP contribution in [0.2, 0.25) is 0 Å². The molecule has 0 radical (unpaired) electrons. The van der Waals surface area contributed by atoms with Crippen molar-refractivity contribution in [1.82, 2.24) is 4.98 Å². The first kappa shape index (κ1) is 14.7. The highest BCUT2D eigenvalue weighted by molar-refractivity contribution is 9.10. The fourth-order valence-electron chi connectivity index (χ4n) is 2.10. The molecule has 2 heterocycles. The third kappa shape index (κ3) is 2.73. The number of halogens is 1. The molecule has 1 aliphatic rings. The maximum Gasteiger partial charge on any atom is 0.311 e. The lowest BCUT2D eigenvalue weighted by atomic mass is 10.0. The Morgan fingerprint density at radius 2 is 2.35 bits per heavy atom. The highest BCUT2D eigenvalue weighted by atomic mass is 79.9. The summed E-state index contributed by atoms with van der Waals surface area (Å²) in [6.07, 6.45) is 1.14. The van der Waals surface area contributed by atoms with E-state index in [9.17, 15) is 14.9 Å². The van der Waals surface area contributed by atoms with E-state index in [2.05, 4.69) is 20.9 Å². The normalized spacial score (nSPS) is 21.7. The standard InChI is InChI=1S/C11H12BrN3O5/c1-14(9-5-20-4-7(9)11(16)17)10-8(12)2-6(3-13-10)15(18)19/h2-3,7,9H,4-5H2,1H3,(H,16,17). The fourth-order valence-corrected chi connectivity index (χ4v) is 2.71. The maximum absolute atomic E-state index is 11.1. The first-order valence-electron chi connectivity index (χ1n) is 5.75. The Morgan fingerprint density at radius 3 is 2.90 bits per heavy atom. The van der Waals surface area contributed by atoms with E-state index in [4.69, 9.17) is 9.84 Å². The molecule has 1 aromatic heterocycles. The van der Waals surface area contributed by atoms with Gasteiger partial charge in [0.2, 0.25) is 0 Å². The Bertz CT molecular complexity index is 553. The van der Waals surface area contributed by atoms with Crippen LogP contribution in [-0.2, 0) is 9.53 Å². The van der Waals surface area contributed by atoms with E-state index in [0.717, 1.165) is 6.20 Å². The number of hydrogen-bond donors (Lipinski definition) is 1. The van der Waals surface area contributed by atoms with E-state index in [-0.39, 0.29) is 24.9 Å². The first-order chi connectivity index (χ1) is 9.41. The molecule has 0 aliphatic carbocycles. The van der Waals surface area contributed by atoms with Gasteiger partial charge in [0.1, 0.15) is 17.9 Å². The van der Waals surface area contributed by atoms with Gasteiger partial charge in [0.05, 0.1) is 28.7 Å². The summed E-state index contributed by atoms with van der Waals surface area (Å²) in [5, 5.41) is 19.8. The minimum atomic E-state index is -0.933. The second kappa shape index (κ2) is 5.71. The lowest BCUT2D eigenvalue weighted by Gasteiger charge is -2.27. The second-order valence-corrected chi connectivity index (χ2v) is 5.27. The number of carboxylic acids is 1. The number of aliphatic carboxylic acids is 1. The number of nitrogens with zero attached hydrogens (tertiary/aromatic N) is 3. The summed E-state index contributed by atoms with van der Waals surface area (Å²) >= 11 is 3.22. The maximum atomic E-state index is 11.1. The largest absolute Gasteiger partial charge is 0.481 e. The smallest absolute Gasteiger partial charge is 0.311 e. The van der Waals surface area contributed by atoms with Crippen molar-refractivity contribution in [2.24, 2.45) is 5.92 Å². The van der Waals surface area contributed by atoms with Crippen LogP contribution < -0.4 is 4.90 Å². The van der Waals surface area contributed by atoms with Crippen molar-refractivity contribution < 1.29 is 19.6 Å². The SMILES string of the molecule is CN(c1ncc([N+](=O)[O-])cc1Br)C1COCC1C(=O)O. The molecule has 0 bridgehead atoms. The average molecular weight is 346 g/mol. The Hall–Kier alpha value is -1.74. The molecule has 2 atom stereocenters. The molecule has 0 saturated carbocycles. The Balaban J connectivity index is 2.27. The van der Waals surface area contributed by atoms with Gasteiger partial charge in [-0.15, -0.1) is 0 Å². The fraction of sp³-hybridized carbons (Fsp3) is 0.455. The molecule has 1 aliphatic heterocycles. The minimum Gasteiger partial charge on any atom is -0.481 e. The zero-order valence-electron chi connectivity index (χ0n) is 10.5. The predicted octanol–water partition coefficient (Wildman–Crippen LogP) is 1.29. The summed E-state index contributed by atoms with van der Waals surface area (Å²) in [7, 11) is 1.69. The molecule has 1 fully saturated rings. The third-order valence-electron chi connectivity index (χ3n) is 3.22. The Labute approximate surface area is 122 Å². The molecule has 2 rings (SSSR count). The molecule has 0 aromatic carbocycles. The summed E-state index contributed by atoms with van der Waals surface area (Å²) in [5.41, 5.74) is -0.133. The van der Waals surface area contributed by atoms with Crippen molar-refractivity contribution in [1.29, 1.82) is 0 Å². The number of rotatable bonds is 4. The molecule has 8 nitrogen and oxygen atoms in total. The zero-order chi connectivity index (χ0) is 14.9. The molecule has 20 heavy (non-hydrogen) atoms. The topological polar surface area (TPSA) is 106 Å². The highest BCUT2D eigenvalue weighted by Gasteiger charge is 2.37. The number of carboxylic acid groups (broad SMARTS) is 1. The molecule has 9 heteroatoms. The summed E-state index contributed by atoms with van der Waals surface area (Å²) in [6, 6.07) is 0.975. The summed E-state index contributed by atoms with van der Waals surface area (Å²) in [5.74, 6) is -1.14. The van der Waals surface area contributed by atoms with Crippen LogP contribution in [0.4, 0.5) is 11.5 Å². The van der Waals surface area contributed by atoms with Crippen molar-refractivity contribution in [3.05, 3.63) is 26.9 Å². The van der Waals surface area contributed by atoms with Crippen LogP contribution in [0.3, 0.4) is 0 Å². The van der Waals surface area contributed by atoms with Crippen molar-refractivity contribution >= 4 is 33.4 Å². The monoisotopic (exact) mass is 345 g/mol. The molecule has 1 aromatic rings. The molecule has 0 spiro atoms. The van der Waals surface area contributed by atoms with E-state index in [1.165, 1.54) is 6.07 Å². The molecule has 1 N–H and O–H groups in total. The zero-order valence-corrected chi connectivity index (χ0v) is 12.1. The molecule has 108 valence electrons. The van der Waals surface area contributed by atoms with E-state index < -0.39 is 16.8 Å². The summed E-state index contributed by atoms with van der Waals surface area (Å²) in [6.45, 7) is 0.424. The van der Waals surface area contributed by atoms with Crippen LogP contribution in [0.5, 0.6) is 0 Å². The predicted molar refractivity (Wildman–Crippen MR) is 72.7 cm³/mol. The first-order valence-corrected chi connectivity index (χ1v) is 6.54. The van der Waals surface area contributed by atoms with Gasteiger partial charge in [0, 0.05) is 13.1 Å². The number of hydrogen-bond acceptors (Lipinski definition) is 6. The minimum absolute atomic E-state index is 0.133. The molecular weight excluding hydrogens is 334 g/mol. The van der Waals surface area contributed by atoms with Crippen molar-refractivity contribution in [2.45, 2.75) is 6.04 Å². The number of anilines is 1. The second-order valence-electron chi connectivity index (χ2n) is 4.42. The molecule has 2 unspecified atom stereocenters. The van der Waals surface area contributed by atoms with E-state index in [1.54, 1.807) is 11.9 Å². The quantitative estimate of drug-likeness (QED) is 0.647. The van der Waals surface area contributed by atoms with Crippen molar-refractivity contribution in [2.75, 3.05) is 25.2 Å². The van der Waals surface area contributed by atoms with Gasteiger partial charge in [-0.1, -0.05) is 0 Å². The van der Waals surface area contributed by atoms with E-state index in [0.29, 0.717) is 10.3 Å². The number of aromatic nitrogens is 1. The van der Waals surface area contributed by atoms with Gasteiger partial charge in [-0.05, 0) is 15.9 Å². The van der Waals surface area contributed by atoms with E-state index in [1.807, 2.05) is 0 Å². The lowest BCUT2D eigenvalue weighted by Crippen LogP contribution is -2.41. The third-order valence-corrected chi connectivity index (χ3v) is 3.80. The number of ether oxygens (including phenoxy) is 1. The lowest BCUT2D eigenvalue weighted by molar-refractivity contribution is -0.385. The van der Waals surface area contributed by atoms with Gasteiger partial charge in [0.25, 0.3) is 5.69 Å². The van der Waals surface area contributed by atoms with Crippen molar-refractivity contribution in [3.8, 4) is 0 Å². The van der Waals surface area contributed by atoms with Crippen LogP contribution in [0.1, 0.15) is 0 Å². The van der Waals surface area contributed by atoms with Gasteiger partial charge in [-0.3, -0.25) is 14.9 Å². The van der Waals surface area contributed by atoms with Crippen LogP contribution in [-0.4, -0.2) is 47.3 Å². The number of pyridine rings is 1. The number of carbonyl (C=O) groups is 1. The molecule has 1 saturated heterocycles. The van der Waals surface area contributed by atoms with E-state index >= 15 is 0 Å². The van der Waals surface area contributed by atoms with Gasteiger partial charge in [-0.2, -0.15) is 0 Å². The van der Waals surface area contributed by atoms with Gasteiger partial charge in [-0.25, -0.2) is 4.98 Å². The van der Waals surface area contributed by atoms with Crippen molar-refractivity contribution in [3.63, 3.8) is 0 Å². The summed E-state index contributed by atoms with van der Waals surface area (Å²) < 4.78 is 5.64. The Kier molecular flexibility index (Phi) is 4.19. The number of likely N-dealkylation sites (N-methyl/N-ethyl adjacent to an activating group) is 1.